The normalized spacial score (nSPS) is 16.7. The van der Waals surface area contributed by atoms with Gasteiger partial charge in [-0.3, -0.25) is 19.3 Å². The standard InChI is InChI=1S/C21H30N4O7S/c1-14(2)10-12-24(20(28)19(22)27)21(29)25(17-5-4-11-23-13-18(17)26)33(30,31)16-8-6-15(32-3)7-9-16/h6-9,14,17,23H,4-5,10-13H2,1-3H3,(H2,22,27)/t17-/m0/s1. The van der Waals surface area contributed by atoms with Crippen molar-refractivity contribution in [3.05, 3.63) is 24.3 Å². The Morgan fingerprint density at radius 1 is 1.21 bits per heavy atom. The van der Waals surface area contributed by atoms with Gasteiger partial charge in [0.2, 0.25) is 0 Å². The van der Waals surface area contributed by atoms with E-state index in [-0.39, 0.29) is 30.3 Å². The van der Waals surface area contributed by atoms with Crippen LogP contribution >= 0.6 is 0 Å². The molecule has 0 unspecified atom stereocenters. The summed E-state index contributed by atoms with van der Waals surface area (Å²) in [6.07, 6.45) is 0.797. The Hall–Kier alpha value is -2.99. The Morgan fingerprint density at radius 3 is 2.39 bits per heavy atom. The van der Waals surface area contributed by atoms with Crippen LogP contribution in [0.2, 0.25) is 0 Å². The van der Waals surface area contributed by atoms with E-state index in [1.165, 1.54) is 31.4 Å². The first kappa shape index (κ1) is 26.3. The highest BCUT2D eigenvalue weighted by Gasteiger charge is 2.43. The number of urea groups is 1. The Morgan fingerprint density at radius 2 is 1.85 bits per heavy atom. The topological polar surface area (TPSA) is 156 Å². The second-order valence-electron chi connectivity index (χ2n) is 8.06. The summed E-state index contributed by atoms with van der Waals surface area (Å²) in [5.41, 5.74) is 5.12. The molecular weight excluding hydrogens is 452 g/mol. The number of rotatable bonds is 7. The molecule has 1 saturated heterocycles. The van der Waals surface area contributed by atoms with Gasteiger partial charge in [-0.2, -0.15) is 0 Å². The highest BCUT2D eigenvalue weighted by Crippen LogP contribution is 2.26. The SMILES string of the molecule is COc1ccc(S(=O)(=O)N(C(=O)N(CCC(C)C)C(=O)C(N)=O)[C@H]2CCCNCC2=O)cc1. The molecule has 1 aromatic carbocycles. The fourth-order valence-electron chi connectivity index (χ4n) is 3.35. The number of nitrogens with one attached hydrogen (secondary N) is 1. The molecule has 0 bridgehead atoms. The number of hydrogen-bond acceptors (Lipinski definition) is 8. The number of hydrogen-bond donors (Lipinski definition) is 2. The average molecular weight is 483 g/mol. The van der Waals surface area contributed by atoms with Gasteiger partial charge in [0.1, 0.15) is 11.8 Å². The van der Waals surface area contributed by atoms with Crippen molar-refractivity contribution in [1.29, 1.82) is 0 Å². The summed E-state index contributed by atoms with van der Waals surface area (Å²) in [6.45, 7) is 3.77. The van der Waals surface area contributed by atoms with Crippen LogP contribution in [0.5, 0.6) is 5.75 Å². The van der Waals surface area contributed by atoms with Crippen LogP contribution in [-0.2, 0) is 24.4 Å². The Bertz CT molecular complexity index is 992. The first-order valence-corrected chi connectivity index (χ1v) is 12.0. The minimum Gasteiger partial charge on any atom is -0.497 e. The van der Waals surface area contributed by atoms with E-state index in [0.29, 0.717) is 34.3 Å². The van der Waals surface area contributed by atoms with Crippen molar-refractivity contribution in [2.75, 3.05) is 26.7 Å². The fourth-order valence-corrected chi connectivity index (χ4v) is 4.92. The van der Waals surface area contributed by atoms with E-state index in [1.54, 1.807) is 0 Å². The molecule has 33 heavy (non-hydrogen) atoms. The van der Waals surface area contributed by atoms with Crippen molar-refractivity contribution in [2.45, 2.75) is 44.0 Å². The van der Waals surface area contributed by atoms with Gasteiger partial charge >= 0.3 is 17.8 Å². The molecule has 182 valence electrons. The minimum absolute atomic E-state index is 0.0383. The maximum absolute atomic E-state index is 13.6. The van der Waals surface area contributed by atoms with Gasteiger partial charge in [0.15, 0.2) is 5.78 Å². The van der Waals surface area contributed by atoms with Gasteiger partial charge in [0, 0.05) is 6.54 Å². The van der Waals surface area contributed by atoms with E-state index in [1.807, 2.05) is 13.8 Å². The number of amides is 4. The molecule has 1 atom stereocenters. The molecule has 0 saturated carbocycles. The van der Waals surface area contributed by atoms with E-state index >= 15 is 0 Å². The first-order valence-electron chi connectivity index (χ1n) is 10.6. The summed E-state index contributed by atoms with van der Waals surface area (Å²) in [4.78, 5) is 50.7. The molecule has 1 aliphatic heterocycles. The summed E-state index contributed by atoms with van der Waals surface area (Å²) in [7, 11) is -3.17. The predicted molar refractivity (Wildman–Crippen MR) is 119 cm³/mol. The number of benzene rings is 1. The molecule has 11 nitrogen and oxygen atoms in total. The van der Waals surface area contributed by atoms with Gasteiger partial charge in [-0.25, -0.2) is 17.5 Å². The molecule has 0 spiro atoms. The number of Topliss-reactive ketones (excluding diaryl/α,β-unsaturated/α-hetero) is 1. The van der Waals surface area contributed by atoms with Gasteiger partial charge in [0.05, 0.1) is 18.6 Å². The molecular formula is C21H30N4O7S. The lowest BCUT2D eigenvalue weighted by Crippen LogP contribution is -2.57. The molecule has 1 aromatic rings. The number of imide groups is 1. The summed E-state index contributed by atoms with van der Waals surface area (Å²) in [5, 5.41) is 2.88. The first-order chi connectivity index (χ1) is 15.5. The summed E-state index contributed by atoms with van der Waals surface area (Å²) >= 11 is 0. The maximum Gasteiger partial charge on any atom is 0.341 e. The smallest absolute Gasteiger partial charge is 0.341 e. The van der Waals surface area contributed by atoms with E-state index in [2.05, 4.69) is 5.32 Å². The number of ketones is 1. The predicted octanol–water partition coefficient (Wildman–Crippen LogP) is 0.487. The highest BCUT2D eigenvalue weighted by molar-refractivity contribution is 7.89. The Labute approximate surface area is 193 Å². The van der Waals surface area contributed by atoms with Crippen LogP contribution in [0.4, 0.5) is 4.79 Å². The molecule has 3 N–H and O–H groups in total. The van der Waals surface area contributed by atoms with Crippen LogP contribution in [0.1, 0.15) is 33.1 Å². The zero-order valence-electron chi connectivity index (χ0n) is 18.9. The third-order valence-corrected chi connectivity index (χ3v) is 7.00. The van der Waals surface area contributed by atoms with Gasteiger partial charge in [-0.15, -0.1) is 0 Å². The van der Waals surface area contributed by atoms with Gasteiger partial charge < -0.3 is 15.8 Å². The monoisotopic (exact) mass is 482 g/mol. The third-order valence-electron chi connectivity index (χ3n) is 5.21. The molecule has 2 rings (SSSR count). The van der Waals surface area contributed by atoms with E-state index < -0.39 is 39.7 Å². The van der Waals surface area contributed by atoms with Gasteiger partial charge in [-0.1, -0.05) is 13.8 Å². The van der Waals surface area contributed by atoms with Crippen LogP contribution in [0.15, 0.2) is 29.2 Å². The lowest BCUT2D eigenvalue weighted by atomic mass is 10.1. The quantitative estimate of drug-likeness (QED) is 0.532. The number of carbonyl (C=O) groups is 4. The minimum atomic E-state index is -4.58. The number of ether oxygens (including phenoxy) is 1. The molecule has 1 aliphatic rings. The largest absolute Gasteiger partial charge is 0.497 e. The number of carbonyl (C=O) groups excluding carboxylic acids is 4. The van der Waals surface area contributed by atoms with Crippen LogP contribution in [-0.4, -0.2) is 74.0 Å². The summed E-state index contributed by atoms with van der Waals surface area (Å²) in [5.74, 6) is -2.83. The zero-order valence-corrected chi connectivity index (χ0v) is 19.8. The van der Waals surface area contributed by atoms with Crippen LogP contribution in [0.25, 0.3) is 0 Å². The number of nitrogens with two attached hydrogens (primary N) is 1. The Kier molecular flexibility index (Phi) is 8.94. The van der Waals surface area contributed by atoms with Crippen molar-refractivity contribution < 1.29 is 32.3 Å². The zero-order chi connectivity index (χ0) is 24.8. The number of sulfonamides is 1. The van der Waals surface area contributed by atoms with E-state index in [4.69, 9.17) is 10.5 Å². The lowest BCUT2D eigenvalue weighted by Gasteiger charge is -2.33. The second kappa shape index (κ2) is 11.2. The summed E-state index contributed by atoms with van der Waals surface area (Å²) in [6, 6.07) is 2.65. The molecule has 0 aromatic heterocycles. The lowest BCUT2D eigenvalue weighted by molar-refractivity contribution is -0.142. The molecule has 0 aliphatic carbocycles. The van der Waals surface area contributed by atoms with E-state index in [9.17, 15) is 27.6 Å². The van der Waals surface area contributed by atoms with Crippen molar-refractivity contribution in [1.82, 2.24) is 14.5 Å². The van der Waals surface area contributed by atoms with Crippen LogP contribution in [0, 0.1) is 5.92 Å². The van der Waals surface area contributed by atoms with E-state index in [0.717, 1.165) is 0 Å². The molecule has 0 radical (unpaired) electrons. The van der Waals surface area contributed by atoms with Crippen LogP contribution < -0.4 is 15.8 Å². The van der Waals surface area contributed by atoms with Crippen molar-refractivity contribution in [2.24, 2.45) is 11.7 Å². The fraction of sp³-hybridized carbons (Fsp3) is 0.524. The molecule has 1 fully saturated rings. The van der Waals surface area contributed by atoms with Crippen molar-refractivity contribution >= 4 is 33.7 Å². The number of methoxy groups -OCH3 is 1. The number of primary amides is 1. The van der Waals surface area contributed by atoms with Gasteiger partial charge in [0.25, 0.3) is 10.0 Å². The second-order valence-corrected chi connectivity index (χ2v) is 9.88. The molecule has 12 heteroatoms. The molecule has 1 heterocycles. The molecule has 4 amide bonds. The maximum atomic E-state index is 13.6. The third kappa shape index (κ3) is 6.29. The van der Waals surface area contributed by atoms with Gasteiger partial charge in [-0.05, 0) is 56.0 Å². The summed E-state index contributed by atoms with van der Waals surface area (Å²) < 4.78 is 32.7. The average Bonchev–Trinajstić information content (AvgIpc) is 2.97. The van der Waals surface area contributed by atoms with Crippen molar-refractivity contribution in [3.63, 3.8) is 0 Å². The van der Waals surface area contributed by atoms with Crippen molar-refractivity contribution in [3.8, 4) is 5.75 Å². The number of nitrogens with zero attached hydrogens (tertiary/aromatic N) is 2. The highest BCUT2D eigenvalue weighted by atomic mass is 32.2. The van der Waals surface area contributed by atoms with Crippen LogP contribution in [0.3, 0.4) is 0 Å². The Balaban J connectivity index is 2.60.